The van der Waals surface area contributed by atoms with Gasteiger partial charge in [-0.1, -0.05) is 28.1 Å². The Labute approximate surface area is 102 Å². The van der Waals surface area contributed by atoms with Gasteiger partial charge in [-0.25, -0.2) is 9.79 Å². The van der Waals surface area contributed by atoms with Crippen LogP contribution in [0.1, 0.15) is 5.56 Å². The molecule has 1 aromatic carbocycles. The van der Waals surface area contributed by atoms with E-state index in [1.807, 2.05) is 0 Å². The molecule has 7 heteroatoms. The van der Waals surface area contributed by atoms with E-state index in [0.717, 1.165) is 4.47 Å². The first-order valence-corrected chi connectivity index (χ1v) is 5.28. The van der Waals surface area contributed by atoms with E-state index in [1.165, 1.54) is 12.1 Å². The number of esters is 1. The fourth-order valence-corrected chi connectivity index (χ4v) is 1.56. The molecule has 0 spiro atoms. The summed E-state index contributed by atoms with van der Waals surface area (Å²) in [7, 11) is 0. The van der Waals surface area contributed by atoms with Gasteiger partial charge >= 0.3 is 12.1 Å². The Bertz CT molecular complexity index is 481. The molecule has 2 rings (SSSR count). The normalized spacial score (nSPS) is 20.1. The molecule has 0 aliphatic carbocycles. The van der Waals surface area contributed by atoms with Gasteiger partial charge in [0.1, 0.15) is 0 Å². The van der Waals surface area contributed by atoms with Gasteiger partial charge in [-0.2, -0.15) is 13.2 Å². The van der Waals surface area contributed by atoms with Crippen molar-refractivity contribution in [3.63, 3.8) is 0 Å². The smallest absolute Gasteiger partial charge is 0.425 e. The van der Waals surface area contributed by atoms with Crippen LogP contribution >= 0.6 is 15.9 Å². The molecule has 90 valence electrons. The molecule has 0 bridgehead atoms. The number of rotatable bonds is 1. The molecule has 3 nitrogen and oxygen atoms in total. The fourth-order valence-electron chi connectivity index (χ4n) is 1.29. The Hall–Kier alpha value is -1.37. The summed E-state index contributed by atoms with van der Waals surface area (Å²) in [6.07, 6.45) is -7.07. The Kier molecular flexibility index (Phi) is 2.94. The van der Waals surface area contributed by atoms with Crippen LogP contribution in [0.15, 0.2) is 33.7 Å². The van der Waals surface area contributed by atoms with Crippen molar-refractivity contribution in [1.82, 2.24) is 0 Å². The van der Waals surface area contributed by atoms with Crippen molar-refractivity contribution in [1.29, 1.82) is 0 Å². The van der Waals surface area contributed by atoms with Gasteiger partial charge < -0.3 is 4.74 Å². The maximum Gasteiger partial charge on any atom is 0.447 e. The number of nitrogens with zero attached hydrogens (tertiary/aromatic N) is 1. The lowest BCUT2D eigenvalue weighted by Gasteiger charge is -2.09. The molecule has 0 aromatic heterocycles. The first-order valence-electron chi connectivity index (χ1n) is 4.49. The highest BCUT2D eigenvalue weighted by atomic mass is 79.9. The minimum absolute atomic E-state index is 0.296. The summed E-state index contributed by atoms with van der Waals surface area (Å²) in [4.78, 5) is 14.5. The highest BCUT2D eigenvalue weighted by Crippen LogP contribution is 2.28. The predicted molar refractivity (Wildman–Crippen MR) is 56.6 cm³/mol. The molecule has 0 saturated carbocycles. The van der Waals surface area contributed by atoms with E-state index in [9.17, 15) is 18.0 Å². The van der Waals surface area contributed by atoms with Crippen LogP contribution in [0.2, 0.25) is 0 Å². The number of hydrogen-bond acceptors (Lipinski definition) is 3. The van der Waals surface area contributed by atoms with Gasteiger partial charge in [0.05, 0.1) is 0 Å². The van der Waals surface area contributed by atoms with Crippen LogP contribution in [0, 0.1) is 0 Å². The second-order valence-corrected chi connectivity index (χ2v) is 4.20. The van der Waals surface area contributed by atoms with Crippen molar-refractivity contribution in [2.45, 2.75) is 12.4 Å². The van der Waals surface area contributed by atoms with E-state index in [1.54, 1.807) is 12.1 Å². The van der Waals surface area contributed by atoms with Crippen molar-refractivity contribution in [3.05, 3.63) is 34.3 Å². The van der Waals surface area contributed by atoms with Crippen LogP contribution < -0.4 is 0 Å². The molecule has 0 fully saturated rings. The van der Waals surface area contributed by atoms with Crippen molar-refractivity contribution in [2.24, 2.45) is 4.99 Å². The molecular weight excluding hydrogens is 303 g/mol. The lowest BCUT2D eigenvalue weighted by atomic mass is 10.1. The molecular formula is C10H5BrF3NO2. The molecule has 1 aliphatic heterocycles. The van der Waals surface area contributed by atoms with Gasteiger partial charge in [0.2, 0.25) is 0 Å². The Morgan fingerprint density at radius 3 is 2.29 bits per heavy atom. The van der Waals surface area contributed by atoms with Crippen LogP contribution in [-0.4, -0.2) is 24.1 Å². The van der Waals surface area contributed by atoms with E-state index in [4.69, 9.17) is 0 Å². The minimum Gasteiger partial charge on any atom is -0.425 e. The number of benzene rings is 1. The van der Waals surface area contributed by atoms with E-state index < -0.39 is 18.4 Å². The molecule has 1 heterocycles. The zero-order valence-corrected chi connectivity index (χ0v) is 9.75. The summed E-state index contributed by atoms with van der Waals surface area (Å²) in [5.74, 6) is -1.06. The topological polar surface area (TPSA) is 38.7 Å². The third-order valence-corrected chi connectivity index (χ3v) is 2.58. The SMILES string of the molecule is O=C1OC(C(F)(F)F)N=C1c1ccc(Br)cc1. The van der Waals surface area contributed by atoms with Crippen LogP contribution in [0.25, 0.3) is 0 Å². The second kappa shape index (κ2) is 4.14. The van der Waals surface area contributed by atoms with E-state index >= 15 is 0 Å². The molecule has 1 atom stereocenters. The summed E-state index contributed by atoms with van der Waals surface area (Å²) < 4.78 is 41.8. The maximum absolute atomic E-state index is 12.3. The first-order chi connectivity index (χ1) is 7.88. The molecule has 0 amide bonds. The highest BCUT2D eigenvalue weighted by molar-refractivity contribution is 9.10. The number of aliphatic imine (C=N–C) groups is 1. The van der Waals surface area contributed by atoms with Crippen molar-refractivity contribution in [3.8, 4) is 0 Å². The quantitative estimate of drug-likeness (QED) is 0.748. The molecule has 1 aromatic rings. The average molecular weight is 308 g/mol. The van der Waals surface area contributed by atoms with Crippen molar-refractivity contribution >= 4 is 27.6 Å². The van der Waals surface area contributed by atoms with Gasteiger partial charge in [-0.15, -0.1) is 0 Å². The van der Waals surface area contributed by atoms with E-state index in [-0.39, 0.29) is 5.71 Å². The molecule has 0 radical (unpaired) electrons. The highest BCUT2D eigenvalue weighted by Gasteiger charge is 2.47. The van der Waals surface area contributed by atoms with Crippen LogP contribution in [0.3, 0.4) is 0 Å². The van der Waals surface area contributed by atoms with Gasteiger partial charge in [-0.05, 0) is 12.1 Å². The van der Waals surface area contributed by atoms with Crippen LogP contribution in [0.5, 0.6) is 0 Å². The third kappa shape index (κ3) is 2.49. The monoisotopic (exact) mass is 307 g/mol. The largest absolute Gasteiger partial charge is 0.447 e. The summed E-state index contributed by atoms with van der Waals surface area (Å²) in [6, 6.07) is 6.18. The number of carbonyl (C=O) groups excluding carboxylic acids is 1. The van der Waals surface area contributed by atoms with Crippen molar-refractivity contribution in [2.75, 3.05) is 0 Å². The zero-order valence-electron chi connectivity index (χ0n) is 8.16. The van der Waals surface area contributed by atoms with E-state index in [2.05, 4.69) is 25.7 Å². The standard InChI is InChI=1S/C10H5BrF3NO2/c11-6-3-1-5(2-4-6)7-8(16)17-9(15-7)10(12,13)14/h1-4,9H. The number of alkyl halides is 3. The lowest BCUT2D eigenvalue weighted by Crippen LogP contribution is -2.27. The molecule has 1 aliphatic rings. The van der Waals surface area contributed by atoms with Gasteiger partial charge in [0, 0.05) is 10.0 Å². The number of halogens is 4. The zero-order chi connectivity index (χ0) is 12.6. The van der Waals surface area contributed by atoms with E-state index in [0.29, 0.717) is 5.56 Å². The Morgan fingerprint density at radius 2 is 1.82 bits per heavy atom. The average Bonchev–Trinajstić information content (AvgIpc) is 2.61. The van der Waals surface area contributed by atoms with Gasteiger partial charge in [0.15, 0.2) is 5.71 Å². The molecule has 17 heavy (non-hydrogen) atoms. The summed E-state index contributed by atoms with van der Waals surface area (Å²) in [5.41, 5.74) is -0.00947. The maximum atomic E-state index is 12.3. The van der Waals surface area contributed by atoms with Crippen molar-refractivity contribution < 1.29 is 22.7 Å². The summed E-state index contributed by atoms with van der Waals surface area (Å²) in [5, 5.41) is 0. The Morgan fingerprint density at radius 1 is 1.24 bits per heavy atom. The number of carbonyl (C=O) groups is 1. The summed E-state index contributed by atoms with van der Waals surface area (Å²) in [6.45, 7) is 0. The number of cyclic esters (lactones) is 1. The van der Waals surface area contributed by atoms with Crippen LogP contribution in [0.4, 0.5) is 13.2 Å². The molecule has 1 unspecified atom stereocenters. The third-order valence-electron chi connectivity index (χ3n) is 2.06. The lowest BCUT2D eigenvalue weighted by molar-refractivity contribution is -0.210. The predicted octanol–water partition coefficient (Wildman–Crippen LogP) is 2.68. The number of hydrogen-bond donors (Lipinski definition) is 0. The fraction of sp³-hybridized carbons (Fsp3) is 0.200. The van der Waals surface area contributed by atoms with Crippen LogP contribution in [-0.2, 0) is 9.53 Å². The van der Waals surface area contributed by atoms with Gasteiger partial charge in [-0.3, -0.25) is 0 Å². The Balaban J connectivity index is 2.33. The van der Waals surface area contributed by atoms with Gasteiger partial charge in [0.25, 0.3) is 6.23 Å². The first kappa shape index (κ1) is 12.1. The second-order valence-electron chi connectivity index (χ2n) is 3.28. The molecule has 0 N–H and O–H groups in total. The number of ether oxygens (including phenoxy) is 1. The summed E-state index contributed by atoms with van der Waals surface area (Å²) >= 11 is 3.18. The molecule has 0 saturated heterocycles. The minimum atomic E-state index is -4.67.